The monoisotopic (exact) mass is 466 g/mol. The first-order chi connectivity index (χ1) is 16.5. The largest absolute Gasteiger partial charge is 0.497 e. The van der Waals surface area contributed by atoms with Crippen molar-refractivity contribution in [2.45, 2.75) is 18.9 Å². The highest BCUT2D eigenvalue weighted by Crippen LogP contribution is 2.26. The first kappa shape index (κ1) is 23.4. The summed E-state index contributed by atoms with van der Waals surface area (Å²) in [7, 11) is 1.61. The van der Waals surface area contributed by atoms with E-state index in [1.165, 1.54) is 4.90 Å². The fourth-order valence-corrected chi connectivity index (χ4v) is 4.43. The van der Waals surface area contributed by atoms with Crippen molar-refractivity contribution in [3.8, 4) is 11.5 Å². The number of anilines is 1. The zero-order valence-corrected chi connectivity index (χ0v) is 19.3. The molecular formula is C25H30N4O5. The first-order valence-electron chi connectivity index (χ1n) is 11.5. The maximum absolute atomic E-state index is 13.5. The molecule has 34 heavy (non-hydrogen) atoms. The van der Waals surface area contributed by atoms with Crippen molar-refractivity contribution >= 4 is 23.4 Å². The van der Waals surface area contributed by atoms with Gasteiger partial charge in [0.2, 0.25) is 11.8 Å². The molecule has 2 aromatic rings. The zero-order valence-electron chi connectivity index (χ0n) is 19.3. The van der Waals surface area contributed by atoms with Crippen molar-refractivity contribution in [2.75, 3.05) is 51.3 Å². The number of likely N-dealkylation sites (tertiary alicyclic amines) is 1. The van der Waals surface area contributed by atoms with Crippen LogP contribution in [0, 0.1) is 0 Å². The predicted octanol–water partition coefficient (Wildman–Crippen LogP) is 1.51. The molecule has 1 atom stereocenters. The quantitative estimate of drug-likeness (QED) is 0.632. The number of nitrogens with zero attached hydrogens (tertiary/aromatic N) is 3. The van der Waals surface area contributed by atoms with Crippen LogP contribution >= 0.6 is 0 Å². The van der Waals surface area contributed by atoms with E-state index in [9.17, 15) is 14.4 Å². The minimum absolute atomic E-state index is 0.131. The van der Waals surface area contributed by atoms with Crippen LogP contribution in [0.15, 0.2) is 48.5 Å². The van der Waals surface area contributed by atoms with Crippen LogP contribution in [0.4, 0.5) is 5.69 Å². The number of hydrogen-bond acceptors (Lipinski definition) is 6. The first-order valence-corrected chi connectivity index (χ1v) is 11.5. The Morgan fingerprint density at radius 3 is 2.50 bits per heavy atom. The van der Waals surface area contributed by atoms with Gasteiger partial charge in [0.15, 0.2) is 0 Å². The van der Waals surface area contributed by atoms with E-state index in [1.54, 1.807) is 36.3 Å². The van der Waals surface area contributed by atoms with Gasteiger partial charge in [-0.15, -0.1) is 0 Å². The number of benzene rings is 2. The molecule has 2 N–H and O–H groups in total. The number of carbonyl (C=O) groups is 3. The summed E-state index contributed by atoms with van der Waals surface area (Å²) in [5, 5.41) is 0. The predicted molar refractivity (Wildman–Crippen MR) is 127 cm³/mol. The van der Waals surface area contributed by atoms with Gasteiger partial charge in [-0.2, -0.15) is 0 Å². The number of rotatable bonds is 8. The molecule has 0 aliphatic carbocycles. The Bertz CT molecular complexity index is 1040. The third-order valence-corrected chi connectivity index (χ3v) is 6.31. The molecule has 1 unspecified atom stereocenters. The van der Waals surface area contributed by atoms with E-state index in [0.29, 0.717) is 50.5 Å². The Kier molecular flexibility index (Phi) is 7.20. The van der Waals surface area contributed by atoms with Crippen molar-refractivity contribution in [1.82, 2.24) is 9.80 Å². The lowest BCUT2D eigenvalue weighted by Crippen LogP contribution is -2.60. The maximum atomic E-state index is 13.5. The van der Waals surface area contributed by atoms with Crippen LogP contribution in [-0.4, -0.2) is 80.0 Å². The molecule has 3 amide bonds. The van der Waals surface area contributed by atoms with Crippen molar-refractivity contribution in [1.29, 1.82) is 0 Å². The Morgan fingerprint density at radius 1 is 1.06 bits per heavy atom. The van der Waals surface area contributed by atoms with Crippen molar-refractivity contribution < 1.29 is 23.9 Å². The Labute approximate surface area is 199 Å². The lowest BCUT2D eigenvalue weighted by molar-refractivity contribution is -0.128. The molecule has 0 radical (unpaired) electrons. The second kappa shape index (κ2) is 10.5. The standard InChI is InChI=1S/C25H30N4O5/c1-33-19-10-8-18(9-11-19)28-13-14-29(21(17-28)24(26)31)25(32)20-5-2-3-6-22(20)34-16-15-27-12-4-7-23(27)30/h2-3,5-6,8-11,21H,4,7,12-17H2,1H3,(H2,26,31). The Hall–Kier alpha value is -3.75. The van der Waals surface area contributed by atoms with Gasteiger partial charge in [-0.05, 0) is 42.8 Å². The Morgan fingerprint density at radius 2 is 1.82 bits per heavy atom. The van der Waals surface area contributed by atoms with Crippen molar-refractivity contribution in [2.24, 2.45) is 5.73 Å². The van der Waals surface area contributed by atoms with E-state index < -0.39 is 11.9 Å². The maximum Gasteiger partial charge on any atom is 0.258 e. The summed E-state index contributed by atoms with van der Waals surface area (Å²) >= 11 is 0. The molecule has 2 aromatic carbocycles. The third kappa shape index (κ3) is 5.08. The van der Waals surface area contributed by atoms with E-state index in [2.05, 4.69) is 0 Å². The number of amides is 3. The minimum Gasteiger partial charge on any atom is -0.497 e. The Balaban J connectivity index is 1.45. The van der Waals surface area contributed by atoms with Gasteiger partial charge in [-0.1, -0.05) is 12.1 Å². The van der Waals surface area contributed by atoms with Crippen molar-refractivity contribution in [3.05, 3.63) is 54.1 Å². The van der Waals surface area contributed by atoms with Gasteiger partial charge in [0.05, 0.1) is 19.2 Å². The summed E-state index contributed by atoms with van der Waals surface area (Å²) in [6.07, 6.45) is 1.44. The number of methoxy groups -OCH3 is 1. The number of para-hydroxylation sites is 1. The average Bonchev–Trinajstić information content (AvgIpc) is 3.28. The number of primary amides is 1. The molecule has 0 spiro atoms. The topological polar surface area (TPSA) is 105 Å². The SMILES string of the molecule is COc1ccc(N2CCN(C(=O)c3ccccc3OCCN3CCCC3=O)C(C(N)=O)C2)cc1. The fraction of sp³-hybridized carbons (Fsp3) is 0.400. The molecule has 0 bridgehead atoms. The van der Waals surface area contributed by atoms with Crippen LogP contribution in [0.25, 0.3) is 0 Å². The second-order valence-electron chi connectivity index (χ2n) is 8.39. The summed E-state index contributed by atoms with van der Waals surface area (Å²) < 4.78 is 11.1. The van der Waals surface area contributed by atoms with E-state index in [4.69, 9.17) is 15.2 Å². The second-order valence-corrected chi connectivity index (χ2v) is 8.39. The number of carbonyl (C=O) groups excluding carboxylic acids is 3. The van der Waals surface area contributed by atoms with Gasteiger partial charge in [0, 0.05) is 38.3 Å². The van der Waals surface area contributed by atoms with Crippen LogP contribution < -0.4 is 20.1 Å². The van der Waals surface area contributed by atoms with Gasteiger partial charge in [0.25, 0.3) is 5.91 Å². The van der Waals surface area contributed by atoms with E-state index in [1.807, 2.05) is 29.2 Å². The van der Waals surface area contributed by atoms with Gasteiger partial charge in [0.1, 0.15) is 24.1 Å². The molecular weight excluding hydrogens is 436 g/mol. The molecule has 2 saturated heterocycles. The van der Waals surface area contributed by atoms with Crippen LogP contribution in [0.3, 0.4) is 0 Å². The fourth-order valence-electron chi connectivity index (χ4n) is 4.43. The summed E-state index contributed by atoms with van der Waals surface area (Å²) in [6.45, 7) is 2.71. The van der Waals surface area contributed by atoms with Crippen molar-refractivity contribution in [3.63, 3.8) is 0 Å². The van der Waals surface area contributed by atoms with Crippen LogP contribution in [-0.2, 0) is 9.59 Å². The van der Waals surface area contributed by atoms with Crippen LogP contribution in [0.5, 0.6) is 11.5 Å². The molecule has 2 aliphatic rings. The highest BCUT2D eigenvalue weighted by molar-refractivity contribution is 6.00. The van der Waals surface area contributed by atoms with E-state index >= 15 is 0 Å². The molecule has 180 valence electrons. The minimum atomic E-state index is -0.779. The summed E-state index contributed by atoms with van der Waals surface area (Å²) in [6, 6.07) is 13.7. The molecule has 9 nitrogen and oxygen atoms in total. The summed E-state index contributed by atoms with van der Waals surface area (Å²) in [4.78, 5) is 42.9. The molecule has 4 rings (SSSR count). The lowest BCUT2D eigenvalue weighted by Gasteiger charge is -2.41. The highest BCUT2D eigenvalue weighted by atomic mass is 16.5. The number of hydrogen-bond donors (Lipinski definition) is 1. The molecule has 2 heterocycles. The number of piperazine rings is 1. The lowest BCUT2D eigenvalue weighted by atomic mass is 10.1. The zero-order chi connectivity index (χ0) is 24.1. The molecule has 2 fully saturated rings. The normalized spacial score (nSPS) is 18.2. The summed E-state index contributed by atoms with van der Waals surface area (Å²) in [5.41, 5.74) is 7.02. The smallest absolute Gasteiger partial charge is 0.258 e. The van der Waals surface area contributed by atoms with Crippen LogP contribution in [0.2, 0.25) is 0 Å². The third-order valence-electron chi connectivity index (χ3n) is 6.31. The highest BCUT2D eigenvalue weighted by Gasteiger charge is 2.35. The molecule has 9 heteroatoms. The summed E-state index contributed by atoms with van der Waals surface area (Å²) in [5.74, 6) is 0.449. The average molecular weight is 467 g/mol. The van der Waals surface area contributed by atoms with E-state index in [-0.39, 0.29) is 11.8 Å². The number of nitrogens with two attached hydrogens (primary N) is 1. The molecule has 0 aromatic heterocycles. The molecule has 2 aliphatic heterocycles. The van der Waals surface area contributed by atoms with Gasteiger partial charge in [-0.3, -0.25) is 14.4 Å². The van der Waals surface area contributed by atoms with E-state index in [0.717, 1.165) is 24.4 Å². The number of ether oxygens (including phenoxy) is 2. The van der Waals surface area contributed by atoms with Gasteiger partial charge in [-0.25, -0.2) is 0 Å². The van der Waals surface area contributed by atoms with Crippen LogP contribution in [0.1, 0.15) is 23.2 Å². The van der Waals surface area contributed by atoms with Gasteiger partial charge < -0.3 is 29.9 Å². The van der Waals surface area contributed by atoms with Gasteiger partial charge >= 0.3 is 0 Å². The molecule has 0 saturated carbocycles.